The Labute approximate surface area is 439 Å². The molecule has 0 spiro atoms. The number of thioether (sulfide) groups is 1. The zero-order valence-electron chi connectivity index (χ0n) is 42.2. The monoisotopic (exact) mass is 1080 g/mol. The zero-order chi connectivity index (χ0) is 54.8. The molecule has 26 heteroatoms. The van der Waals surface area contributed by atoms with Gasteiger partial charge in [0.2, 0.25) is 47.3 Å². The van der Waals surface area contributed by atoms with Crippen LogP contribution in [0.5, 0.6) is 0 Å². The highest BCUT2D eigenvalue weighted by molar-refractivity contribution is 7.98. The van der Waals surface area contributed by atoms with Crippen molar-refractivity contribution in [1.29, 1.82) is 0 Å². The first-order valence-electron chi connectivity index (χ1n) is 24.8. The highest BCUT2D eigenvalue weighted by Crippen LogP contribution is 2.24. The molecular formula is C48H73N11O13S2. The molecule has 1 aromatic heterocycles. The number of H-pyrrole nitrogens is 1. The molecule has 8 amide bonds. The number of hydrogen-bond donors (Lipinski definition) is 13. The van der Waals surface area contributed by atoms with Gasteiger partial charge in [-0.2, -0.15) is 24.4 Å². The van der Waals surface area contributed by atoms with E-state index in [0.717, 1.165) is 15.8 Å². The number of hydrogen-bond acceptors (Lipinski definition) is 15. The molecule has 0 aliphatic carbocycles. The van der Waals surface area contributed by atoms with Gasteiger partial charge >= 0.3 is 11.9 Å². The number of likely N-dealkylation sites (tertiary alicyclic amines) is 2. The highest BCUT2D eigenvalue weighted by atomic mass is 32.2. The van der Waals surface area contributed by atoms with Crippen LogP contribution in [0.4, 0.5) is 0 Å². The Bertz CT molecular complexity index is 2320. The molecule has 74 heavy (non-hydrogen) atoms. The van der Waals surface area contributed by atoms with E-state index in [2.05, 4.69) is 49.5 Å². The summed E-state index contributed by atoms with van der Waals surface area (Å²) in [4.78, 5) is 141. The van der Waals surface area contributed by atoms with Crippen LogP contribution in [0.15, 0.2) is 30.5 Å². The number of nitrogens with zero attached hydrogens (tertiary/aromatic N) is 2. The molecule has 14 N–H and O–H groups in total. The topological polar surface area (TPSA) is 378 Å². The van der Waals surface area contributed by atoms with Crippen LogP contribution in [0.25, 0.3) is 10.9 Å². The first-order valence-corrected chi connectivity index (χ1v) is 26.8. The summed E-state index contributed by atoms with van der Waals surface area (Å²) in [6.45, 7) is 5.09. The number of nitrogens with one attached hydrogen (secondary N) is 7. The third kappa shape index (κ3) is 16.8. The second-order valence-electron chi connectivity index (χ2n) is 18.9. The van der Waals surface area contributed by atoms with Gasteiger partial charge < -0.3 is 73.5 Å². The second kappa shape index (κ2) is 29.2. The summed E-state index contributed by atoms with van der Waals surface area (Å²) in [6, 6.07) is -4.46. The number of benzene rings is 1. The number of para-hydroxylation sites is 1. The molecule has 10 atom stereocenters. The number of carboxylic acids is 2. The number of aliphatic hydroxyl groups excluding tert-OH is 1. The van der Waals surface area contributed by atoms with Gasteiger partial charge in [0.25, 0.3) is 0 Å². The van der Waals surface area contributed by atoms with Crippen molar-refractivity contribution in [2.75, 3.05) is 37.4 Å². The van der Waals surface area contributed by atoms with Crippen LogP contribution in [0, 0.1) is 5.92 Å². The largest absolute Gasteiger partial charge is 0.481 e. The van der Waals surface area contributed by atoms with Gasteiger partial charge in [-0.3, -0.25) is 43.2 Å². The number of carboxylic acid groups (broad SMARTS) is 2. The summed E-state index contributed by atoms with van der Waals surface area (Å²) in [6.07, 6.45) is 3.53. The molecule has 410 valence electrons. The minimum Gasteiger partial charge on any atom is -0.481 e. The van der Waals surface area contributed by atoms with Crippen molar-refractivity contribution < 1.29 is 63.3 Å². The quantitative estimate of drug-likeness (QED) is 0.0320. The molecule has 2 aromatic rings. The van der Waals surface area contributed by atoms with Crippen LogP contribution in [0.2, 0.25) is 0 Å². The maximum Gasteiger partial charge on any atom is 0.326 e. The van der Waals surface area contributed by atoms with Gasteiger partial charge in [0.15, 0.2) is 0 Å². The number of amides is 8. The van der Waals surface area contributed by atoms with E-state index >= 15 is 0 Å². The summed E-state index contributed by atoms with van der Waals surface area (Å²) in [5.41, 5.74) is 13.0. The highest BCUT2D eigenvalue weighted by Gasteiger charge is 2.42. The number of carbonyl (C=O) groups is 10. The fourth-order valence-corrected chi connectivity index (χ4v) is 9.62. The van der Waals surface area contributed by atoms with Crippen molar-refractivity contribution in [3.05, 3.63) is 36.0 Å². The van der Waals surface area contributed by atoms with E-state index in [-0.39, 0.29) is 50.9 Å². The Morgan fingerprint density at radius 3 is 1.89 bits per heavy atom. The Kier molecular flexibility index (Phi) is 23.9. The SMILES string of the molecule is CSCC[C@H](NC(=O)[C@H](CC(=O)O)NC(=O)[C@@H](NC(=O)[C@@H]1CCCN1C(=O)[C@H](Cc1c[nH]c2ccccc12)NC(=O)[C@H](CCCCN)NC(=O)[C@@H](N)[C@@H](C)O)C(C)C)C(=O)N[C@@H](CS)C(=O)N1CCC[C@H]1C(=O)O. The zero-order valence-corrected chi connectivity index (χ0v) is 43.9. The third-order valence-corrected chi connectivity index (χ3v) is 14.1. The van der Waals surface area contributed by atoms with Crippen molar-refractivity contribution in [1.82, 2.24) is 46.7 Å². The average Bonchev–Trinajstić information content (AvgIpc) is 4.15. The smallest absolute Gasteiger partial charge is 0.326 e. The Morgan fingerprint density at radius 2 is 1.30 bits per heavy atom. The average molecular weight is 1080 g/mol. The fraction of sp³-hybridized carbons (Fsp3) is 0.625. The number of aromatic nitrogens is 1. The molecule has 2 fully saturated rings. The molecule has 4 rings (SSSR count). The molecule has 2 saturated heterocycles. The van der Waals surface area contributed by atoms with Gasteiger partial charge in [0.05, 0.1) is 12.5 Å². The van der Waals surface area contributed by atoms with Gasteiger partial charge in [-0.15, -0.1) is 0 Å². The van der Waals surface area contributed by atoms with E-state index < -0.39 is 132 Å². The number of rotatable bonds is 29. The lowest BCUT2D eigenvalue weighted by atomic mass is 10.0. The van der Waals surface area contributed by atoms with Crippen LogP contribution in [-0.2, 0) is 54.4 Å². The number of carbonyl (C=O) groups excluding carboxylic acids is 8. The maximum atomic E-state index is 14.8. The van der Waals surface area contributed by atoms with Crippen LogP contribution >= 0.6 is 24.4 Å². The minimum absolute atomic E-state index is 0.0135. The molecule has 3 heterocycles. The molecular weight excluding hydrogens is 1000 g/mol. The summed E-state index contributed by atoms with van der Waals surface area (Å²) in [5, 5.41) is 45.7. The Hall–Kier alpha value is -5.96. The first kappa shape index (κ1) is 60.6. The molecule has 0 radical (unpaired) electrons. The van der Waals surface area contributed by atoms with Gasteiger partial charge in [0, 0.05) is 42.4 Å². The Balaban J connectivity index is 1.54. The van der Waals surface area contributed by atoms with Crippen molar-refractivity contribution in [3.63, 3.8) is 0 Å². The predicted octanol–water partition coefficient (Wildman–Crippen LogP) is -1.66. The maximum absolute atomic E-state index is 14.8. The number of aliphatic hydroxyl groups is 1. The Morgan fingerprint density at radius 1 is 0.743 bits per heavy atom. The van der Waals surface area contributed by atoms with Crippen LogP contribution in [0.3, 0.4) is 0 Å². The number of aromatic amines is 1. The van der Waals surface area contributed by atoms with Crippen molar-refractivity contribution in [2.45, 2.75) is 145 Å². The molecule has 0 saturated carbocycles. The molecule has 0 unspecified atom stereocenters. The number of unbranched alkanes of at least 4 members (excludes halogenated alkanes) is 1. The van der Waals surface area contributed by atoms with Crippen LogP contribution in [-0.4, -0.2) is 187 Å². The van der Waals surface area contributed by atoms with Crippen LogP contribution in [0.1, 0.15) is 84.1 Å². The summed E-state index contributed by atoms with van der Waals surface area (Å²) >= 11 is 5.54. The lowest BCUT2D eigenvalue weighted by Gasteiger charge is -2.32. The van der Waals surface area contributed by atoms with E-state index in [0.29, 0.717) is 43.5 Å². The van der Waals surface area contributed by atoms with Crippen molar-refractivity contribution >= 4 is 94.5 Å². The summed E-state index contributed by atoms with van der Waals surface area (Å²) in [7, 11) is 0. The molecule has 2 aliphatic heterocycles. The van der Waals surface area contributed by atoms with E-state index in [1.54, 1.807) is 26.3 Å². The number of nitrogens with two attached hydrogens (primary N) is 2. The van der Waals surface area contributed by atoms with Gasteiger partial charge in [0.1, 0.15) is 54.4 Å². The summed E-state index contributed by atoms with van der Waals surface area (Å²) in [5.74, 6) is -9.60. The van der Waals surface area contributed by atoms with Gasteiger partial charge in [-0.1, -0.05) is 32.0 Å². The molecule has 0 bridgehead atoms. The van der Waals surface area contributed by atoms with E-state index in [9.17, 15) is 63.3 Å². The number of fused-ring (bicyclic) bond motifs is 1. The third-order valence-electron chi connectivity index (χ3n) is 13.1. The summed E-state index contributed by atoms with van der Waals surface area (Å²) < 4.78 is 0. The number of thiol groups is 1. The van der Waals surface area contributed by atoms with E-state index in [1.165, 1.54) is 23.6 Å². The standard InChI is InChI=1S/C48H73N11O13S2/c1-25(2)39(45(68)54-32(22-37(61)62)42(65)52-31(16-20-74-4)41(64)56-34(24-73)47(70)59-19-10-15-36(59)48(71)72)57-43(66)35-14-9-18-58(35)46(69)33(21-27-23-51-29-12-6-5-11-28(27)29)55-40(63)30(13-7-8-17-49)53-44(67)38(50)26(3)60/h5-6,11-12,23,25-26,30-36,38-39,51,60,73H,7-10,13-22,24,49-50H2,1-4H3,(H,52,65)(H,53,67)(H,54,68)(H,55,63)(H,56,64)(H,57,66)(H,61,62)(H,71,72)/t26-,30+,31+,32+,33+,34+,35+,36+,38+,39+/m1/s1. The number of aliphatic carboxylic acids is 2. The first-order chi connectivity index (χ1) is 35.1. The molecule has 1 aromatic carbocycles. The van der Waals surface area contributed by atoms with Gasteiger partial charge in [-0.25, -0.2) is 4.79 Å². The second-order valence-corrected chi connectivity index (χ2v) is 20.3. The fourth-order valence-electron chi connectivity index (χ4n) is 8.90. The van der Waals surface area contributed by atoms with Gasteiger partial charge in [-0.05, 0) is 94.4 Å². The minimum atomic E-state index is -1.77. The van der Waals surface area contributed by atoms with Crippen molar-refractivity contribution in [3.8, 4) is 0 Å². The predicted molar refractivity (Wildman–Crippen MR) is 277 cm³/mol. The van der Waals surface area contributed by atoms with Crippen molar-refractivity contribution in [2.24, 2.45) is 17.4 Å². The van der Waals surface area contributed by atoms with E-state index in [4.69, 9.17) is 11.5 Å². The molecule has 24 nitrogen and oxygen atoms in total. The lowest BCUT2D eigenvalue weighted by Crippen LogP contribution is -2.61. The normalized spacial score (nSPS) is 18.8. The van der Waals surface area contributed by atoms with Crippen LogP contribution < -0.4 is 43.4 Å². The molecule has 2 aliphatic rings. The lowest BCUT2D eigenvalue weighted by molar-refractivity contribution is -0.149. The van der Waals surface area contributed by atoms with E-state index in [1.807, 2.05) is 24.3 Å².